The van der Waals surface area contributed by atoms with Crippen molar-refractivity contribution in [1.82, 2.24) is 5.32 Å². The summed E-state index contributed by atoms with van der Waals surface area (Å²) in [6, 6.07) is 3.68. The summed E-state index contributed by atoms with van der Waals surface area (Å²) < 4.78 is 10.1. The molecule has 0 aromatic carbocycles. The fraction of sp³-hybridized carbons (Fsp3) is 0.615. The standard InChI is InChI=1S/C13H21NO3/c1-9(2)12(13(15)16-4)14-10(3)8-11-6-5-7-17-11/h5-7,9-10,12,14H,8H2,1-4H3/t10?,12-/m0/s1. The third-order valence-corrected chi connectivity index (χ3v) is 2.67. The lowest BCUT2D eigenvalue weighted by molar-refractivity contribution is -0.144. The number of carbonyl (C=O) groups excluding carboxylic acids is 1. The van der Waals surface area contributed by atoms with Crippen molar-refractivity contribution in [3.8, 4) is 0 Å². The zero-order valence-electron chi connectivity index (χ0n) is 10.9. The van der Waals surface area contributed by atoms with Crippen LogP contribution in [0.2, 0.25) is 0 Å². The summed E-state index contributed by atoms with van der Waals surface area (Å²) in [5, 5.41) is 3.27. The maximum absolute atomic E-state index is 11.6. The Hall–Kier alpha value is -1.29. The Balaban J connectivity index is 2.52. The molecule has 0 aliphatic heterocycles. The van der Waals surface area contributed by atoms with E-state index >= 15 is 0 Å². The molecule has 2 atom stereocenters. The van der Waals surface area contributed by atoms with Gasteiger partial charge in [0, 0.05) is 12.5 Å². The highest BCUT2D eigenvalue weighted by molar-refractivity contribution is 5.75. The van der Waals surface area contributed by atoms with Gasteiger partial charge in [0.1, 0.15) is 11.8 Å². The van der Waals surface area contributed by atoms with Gasteiger partial charge in [-0.15, -0.1) is 0 Å². The third kappa shape index (κ3) is 4.23. The number of hydrogen-bond donors (Lipinski definition) is 1. The lowest BCUT2D eigenvalue weighted by Gasteiger charge is -2.23. The zero-order chi connectivity index (χ0) is 12.8. The van der Waals surface area contributed by atoms with Crippen LogP contribution >= 0.6 is 0 Å². The Morgan fingerprint density at radius 2 is 2.18 bits per heavy atom. The van der Waals surface area contributed by atoms with Crippen LogP contribution in [0, 0.1) is 5.92 Å². The Labute approximate surface area is 102 Å². The molecule has 0 aliphatic carbocycles. The first kappa shape index (κ1) is 13.8. The molecule has 0 fully saturated rings. The Morgan fingerprint density at radius 1 is 1.47 bits per heavy atom. The number of furan rings is 1. The normalized spacial score (nSPS) is 14.6. The van der Waals surface area contributed by atoms with Crippen molar-refractivity contribution < 1.29 is 13.9 Å². The van der Waals surface area contributed by atoms with Crippen LogP contribution in [0.4, 0.5) is 0 Å². The maximum atomic E-state index is 11.6. The molecule has 0 spiro atoms. The van der Waals surface area contributed by atoms with Crippen molar-refractivity contribution in [1.29, 1.82) is 0 Å². The van der Waals surface area contributed by atoms with Crippen LogP contribution in [-0.2, 0) is 16.0 Å². The predicted molar refractivity (Wildman–Crippen MR) is 65.7 cm³/mol. The van der Waals surface area contributed by atoms with E-state index in [2.05, 4.69) is 5.32 Å². The van der Waals surface area contributed by atoms with Gasteiger partial charge in [-0.2, -0.15) is 0 Å². The monoisotopic (exact) mass is 239 g/mol. The van der Waals surface area contributed by atoms with Crippen LogP contribution in [0.1, 0.15) is 26.5 Å². The van der Waals surface area contributed by atoms with E-state index in [1.165, 1.54) is 7.11 Å². The summed E-state index contributed by atoms with van der Waals surface area (Å²) in [7, 11) is 1.41. The van der Waals surface area contributed by atoms with Crippen LogP contribution in [0.25, 0.3) is 0 Å². The molecular formula is C13H21NO3. The molecule has 0 saturated carbocycles. The Bertz CT molecular complexity index is 332. The van der Waals surface area contributed by atoms with Gasteiger partial charge in [0.05, 0.1) is 13.4 Å². The number of carbonyl (C=O) groups is 1. The van der Waals surface area contributed by atoms with Crippen molar-refractivity contribution in [3.05, 3.63) is 24.2 Å². The van der Waals surface area contributed by atoms with Crippen molar-refractivity contribution >= 4 is 5.97 Å². The molecule has 1 rings (SSSR count). The lowest BCUT2D eigenvalue weighted by atomic mass is 10.0. The van der Waals surface area contributed by atoms with Crippen molar-refractivity contribution in [2.45, 2.75) is 39.3 Å². The Morgan fingerprint density at radius 3 is 2.65 bits per heavy atom. The largest absolute Gasteiger partial charge is 0.469 e. The van der Waals surface area contributed by atoms with Gasteiger partial charge in [-0.1, -0.05) is 13.8 Å². The van der Waals surface area contributed by atoms with Crippen LogP contribution < -0.4 is 5.32 Å². The average molecular weight is 239 g/mol. The van der Waals surface area contributed by atoms with Gasteiger partial charge in [-0.25, -0.2) is 0 Å². The minimum Gasteiger partial charge on any atom is -0.469 e. The van der Waals surface area contributed by atoms with Crippen LogP contribution in [-0.4, -0.2) is 25.2 Å². The third-order valence-electron chi connectivity index (χ3n) is 2.67. The SMILES string of the molecule is COC(=O)[C@@H](NC(C)Cc1ccco1)C(C)C. The molecule has 4 nitrogen and oxygen atoms in total. The summed E-state index contributed by atoms with van der Waals surface area (Å²) >= 11 is 0. The molecule has 0 saturated heterocycles. The number of rotatable bonds is 6. The van der Waals surface area contributed by atoms with E-state index in [0.717, 1.165) is 12.2 Å². The molecule has 0 aliphatic rings. The molecule has 1 unspecified atom stereocenters. The van der Waals surface area contributed by atoms with E-state index in [9.17, 15) is 4.79 Å². The highest BCUT2D eigenvalue weighted by Gasteiger charge is 2.24. The quantitative estimate of drug-likeness (QED) is 0.771. The van der Waals surface area contributed by atoms with E-state index in [1.54, 1.807) is 6.26 Å². The minimum absolute atomic E-state index is 0.160. The molecule has 1 aromatic heterocycles. The minimum atomic E-state index is -0.273. The highest BCUT2D eigenvalue weighted by Crippen LogP contribution is 2.08. The summed E-state index contributed by atoms with van der Waals surface area (Å²) in [6.45, 7) is 6.02. The molecule has 4 heteroatoms. The molecule has 17 heavy (non-hydrogen) atoms. The number of methoxy groups -OCH3 is 1. The van der Waals surface area contributed by atoms with Gasteiger partial charge in [-0.3, -0.25) is 4.79 Å². The molecule has 0 amide bonds. The van der Waals surface area contributed by atoms with E-state index in [0.29, 0.717) is 0 Å². The molecule has 1 N–H and O–H groups in total. The molecule has 96 valence electrons. The number of ether oxygens (including phenoxy) is 1. The fourth-order valence-corrected chi connectivity index (χ4v) is 1.76. The van der Waals surface area contributed by atoms with E-state index < -0.39 is 0 Å². The lowest BCUT2D eigenvalue weighted by Crippen LogP contribution is -2.46. The summed E-state index contributed by atoms with van der Waals surface area (Å²) in [4.78, 5) is 11.6. The first-order valence-corrected chi connectivity index (χ1v) is 5.90. The van der Waals surface area contributed by atoms with Gasteiger partial charge in [-0.05, 0) is 25.0 Å². The number of nitrogens with one attached hydrogen (secondary N) is 1. The average Bonchev–Trinajstić information content (AvgIpc) is 2.77. The molecule has 0 bridgehead atoms. The van der Waals surface area contributed by atoms with E-state index in [1.807, 2.05) is 32.9 Å². The van der Waals surface area contributed by atoms with Crippen LogP contribution in [0.5, 0.6) is 0 Å². The van der Waals surface area contributed by atoms with Gasteiger partial charge in [0.2, 0.25) is 0 Å². The molecule has 1 heterocycles. The second-order valence-corrected chi connectivity index (χ2v) is 4.60. The first-order chi connectivity index (χ1) is 8.04. The van der Waals surface area contributed by atoms with Crippen LogP contribution in [0.15, 0.2) is 22.8 Å². The fourth-order valence-electron chi connectivity index (χ4n) is 1.76. The smallest absolute Gasteiger partial charge is 0.323 e. The van der Waals surface area contributed by atoms with Gasteiger partial charge < -0.3 is 14.5 Å². The van der Waals surface area contributed by atoms with Gasteiger partial charge in [0.25, 0.3) is 0 Å². The molecule has 0 radical (unpaired) electrons. The van der Waals surface area contributed by atoms with Crippen LogP contribution in [0.3, 0.4) is 0 Å². The maximum Gasteiger partial charge on any atom is 0.323 e. The first-order valence-electron chi connectivity index (χ1n) is 5.90. The molecule has 1 aromatic rings. The highest BCUT2D eigenvalue weighted by atomic mass is 16.5. The summed E-state index contributed by atoms with van der Waals surface area (Å²) in [5.74, 6) is 0.894. The van der Waals surface area contributed by atoms with E-state index in [4.69, 9.17) is 9.15 Å². The molecular weight excluding hydrogens is 218 g/mol. The summed E-state index contributed by atoms with van der Waals surface area (Å²) in [5.41, 5.74) is 0. The van der Waals surface area contributed by atoms with Crippen molar-refractivity contribution in [2.75, 3.05) is 7.11 Å². The topological polar surface area (TPSA) is 51.5 Å². The summed E-state index contributed by atoms with van der Waals surface area (Å²) in [6.07, 6.45) is 2.41. The van der Waals surface area contributed by atoms with Crippen molar-refractivity contribution in [2.24, 2.45) is 5.92 Å². The zero-order valence-corrected chi connectivity index (χ0v) is 10.9. The van der Waals surface area contributed by atoms with Crippen molar-refractivity contribution in [3.63, 3.8) is 0 Å². The van der Waals surface area contributed by atoms with E-state index in [-0.39, 0.29) is 24.0 Å². The number of hydrogen-bond acceptors (Lipinski definition) is 4. The number of esters is 1. The Kier molecular flexibility index (Phi) is 5.22. The van der Waals surface area contributed by atoms with Gasteiger partial charge >= 0.3 is 5.97 Å². The second kappa shape index (κ2) is 6.45. The second-order valence-electron chi connectivity index (χ2n) is 4.60. The van der Waals surface area contributed by atoms with Gasteiger partial charge in [0.15, 0.2) is 0 Å². The predicted octanol–water partition coefficient (Wildman–Crippen LogP) is 2.00.